The number of fused-ring (bicyclic) bond motifs is 1. The molecule has 1 heterocycles. The monoisotopic (exact) mass is 224 g/mol. The molecule has 0 radical (unpaired) electrons. The fourth-order valence-corrected chi connectivity index (χ4v) is 1.67. The summed E-state index contributed by atoms with van der Waals surface area (Å²) >= 11 is 0. The maximum Gasteiger partial charge on any atom is 0.0453 e. The lowest BCUT2D eigenvalue weighted by molar-refractivity contribution is 1.47. The first-order valence-electron chi connectivity index (χ1n) is 5.60. The third kappa shape index (κ3) is 3.11. The van der Waals surface area contributed by atoms with Crippen molar-refractivity contribution >= 4 is 16.6 Å². The van der Waals surface area contributed by atoms with E-state index >= 15 is 0 Å². The number of anilines is 1. The summed E-state index contributed by atoms with van der Waals surface area (Å²) in [4.78, 5) is 3.12. The Labute approximate surface area is 101 Å². The van der Waals surface area contributed by atoms with Gasteiger partial charge in [0.1, 0.15) is 0 Å². The maximum absolute atomic E-state index is 5.46. The lowest BCUT2D eigenvalue weighted by atomic mass is 10.2. The SMILES string of the molecule is Cc1cccc(N)c1.c1ccc2[nH]ccc2c1. The van der Waals surface area contributed by atoms with Gasteiger partial charge in [0, 0.05) is 17.4 Å². The second-order valence-electron chi connectivity index (χ2n) is 3.98. The number of para-hydroxylation sites is 1. The summed E-state index contributed by atoms with van der Waals surface area (Å²) in [5.41, 5.74) is 8.72. The van der Waals surface area contributed by atoms with Crippen LogP contribution < -0.4 is 5.73 Å². The number of aryl methyl sites for hydroxylation is 1. The average Bonchev–Trinajstić information content (AvgIpc) is 2.77. The quantitative estimate of drug-likeness (QED) is 0.561. The maximum atomic E-state index is 5.46. The van der Waals surface area contributed by atoms with Crippen LogP contribution in [0.1, 0.15) is 5.56 Å². The van der Waals surface area contributed by atoms with Crippen molar-refractivity contribution < 1.29 is 0 Å². The number of hydrogen-bond acceptors (Lipinski definition) is 1. The van der Waals surface area contributed by atoms with E-state index in [2.05, 4.69) is 23.2 Å². The van der Waals surface area contributed by atoms with Gasteiger partial charge >= 0.3 is 0 Å². The highest BCUT2D eigenvalue weighted by Gasteiger charge is 1.86. The van der Waals surface area contributed by atoms with Crippen LogP contribution >= 0.6 is 0 Å². The van der Waals surface area contributed by atoms with Gasteiger partial charge in [-0.3, -0.25) is 0 Å². The molecule has 0 atom stereocenters. The summed E-state index contributed by atoms with van der Waals surface area (Å²) in [6.45, 7) is 2.02. The third-order valence-electron chi connectivity index (χ3n) is 2.50. The normalized spacial score (nSPS) is 9.71. The number of aromatic nitrogens is 1. The molecule has 0 aliphatic rings. The summed E-state index contributed by atoms with van der Waals surface area (Å²) in [5.74, 6) is 0. The third-order valence-corrected chi connectivity index (χ3v) is 2.50. The van der Waals surface area contributed by atoms with E-state index in [0.29, 0.717) is 0 Å². The second-order valence-corrected chi connectivity index (χ2v) is 3.98. The van der Waals surface area contributed by atoms with Crippen molar-refractivity contribution in [1.82, 2.24) is 4.98 Å². The fourth-order valence-electron chi connectivity index (χ4n) is 1.67. The van der Waals surface area contributed by atoms with Gasteiger partial charge in [0.25, 0.3) is 0 Å². The smallest absolute Gasteiger partial charge is 0.0453 e. The molecule has 86 valence electrons. The molecule has 2 heteroatoms. The molecule has 17 heavy (non-hydrogen) atoms. The molecule has 0 aliphatic carbocycles. The molecule has 3 rings (SSSR count). The van der Waals surface area contributed by atoms with Crippen molar-refractivity contribution in [3.8, 4) is 0 Å². The van der Waals surface area contributed by atoms with E-state index in [1.165, 1.54) is 16.5 Å². The minimum Gasteiger partial charge on any atom is -0.399 e. The van der Waals surface area contributed by atoms with E-state index in [9.17, 15) is 0 Å². The molecule has 3 N–H and O–H groups in total. The Morgan fingerprint density at radius 1 is 0.941 bits per heavy atom. The van der Waals surface area contributed by atoms with E-state index in [1.807, 2.05) is 49.5 Å². The zero-order valence-corrected chi connectivity index (χ0v) is 9.85. The summed E-state index contributed by atoms with van der Waals surface area (Å²) in [6.07, 6.45) is 1.95. The van der Waals surface area contributed by atoms with Gasteiger partial charge in [-0.1, -0.05) is 30.3 Å². The first-order valence-corrected chi connectivity index (χ1v) is 5.60. The zero-order valence-electron chi connectivity index (χ0n) is 9.85. The van der Waals surface area contributed by atoms with Gasteiger partial charge in [-0.2, -0.15) is 0 Å². The van der Waals surface area contributed by atoms with Gasteiger partial charge < -0.3 is 10.7 Å². The molecule has 0 bridgehead atoms. The predicted octanol–water partition coefficient (Wildman–Crippen LogP) is 3.75. The van der Waals surface area contributed by atoms with Gasteiger partial charge in [0.05, 0.1) is 0 Å². The highest BCUT2D eigenvalue weighted by Crippen LogP contribution is 2.09. The van der Waals surface area contributed by atoms with Gasteiger partial charge in [-0.15, -0.1) is 0 Å². The van der Waals surface area contributed by atoms with Gasteiger partial charge in [-0.05, 0) is 42.1 Å². The van der Waals surface area contributed by atoms with Gasteiger partial charge in [-0.25, -0.2) is 0 Å². The summed E-state index contributed by atoms with van der Waals surface area (Å²) < 4.78 is 0. The molecule has 2 nitrogen and oxygen atoms in total. The first-order chi connectivity index (χ1) is 8.25. The molecule has 0 fully saturated rings. The number of H-pyrrole nitrogens is 1. The van der Waals surface area contributed by atoms with Crippen LogP contribution in [0.4, 0.5) is 5.69 Å². The van der Waals surface area contributed by atoms with Crippen molar-refractivity contribution in [3.63, 3.8) is 0 Å². The van der Waals surface area contributed by atoms with E-state index in [1.54, 1.807) is 0 Å². The molecular weight excluding hydrogens is 208 g/mol. The Morgan fingerprint density at radius 3 is 2.41 bits per heavy atom. The van der Waals surface area contributed by atoms with E-state index in [0.717, 1.165) is 5.69 Å². The molecule has 2 aromatic carbocycles. The largest absolute Gasteiger partial charge is 0.399 e. The average molecular weight is 224 g/mol. The summed E-state index contributed by atoms with van der Waals surface area (Å²) in [5, 5.41) is 1.28. The van der Waals surface area contributed by atoms with E-state index in [-0.39, 0.29) is 0 Å². The molecule has 0 spiro atoms. The number of nitrogens with two attached hydrogens (primary N) is 1. The van der Waals surface area contributed by atoms with Crippen molar-refractivity contribution in [1.29, 1.82) is 0 Å². The Kier molecular flexibility index (Phi) is 3.46. The Hall–Kier alpha value is -2.22. The molecule has 3 aromatic rings. The van der Waals surface area contributed by atoms with Crippen LogP contribution in [-0.2, 0) is 0 Å². The Bertz CT molecular complexity index is 549. The minimum absolute atomic E-state index is 0.838. The van der Waals surface area contributed by atoms with E-state index < -0.39 is 0 Å². The van der Waals surface area contributed by atoms with Crippen LogP contribution in [0.2, 0.25) is 0 Å². The Balaban J connectivity index is 0.000000128. The van der Waals surface area contributed by atoms with Crippen molar-refractivity contribution in [2.75, 3.05) is 5.73 Å². The first kappa shape index (κ1) is 11.3. The Morgan fingerprint density at radius 2 is 1.76 bits per heavy atom. The number of nitrogens with one attached hydrogen (secondary N) is 1. The number of aromatic amines is 1. The molecule has 1 aromatic heterocycles. The highest BCUT2D eigenvalue weighted by molar-refractivity contribution is 5.78. The van der Waals surface area contributed by atoms with Crippen LogP contribution in [0.3, 0.4) is 0 Å². The second kappa shape index (κ2) is 5.21. The molecule has 0 saturated heterocycles. The van der Waals surface area contributed by atoms with Crippen molar-refractivity contribution in [2.24, 2.45) is 0 Å². The van der Waals surface area contributed by atoms with Crippen LogP contribution in [0, 0.1) is 6.92 Å². The predicted molar refractivity (Wildman–Crippen MR) is 73.9 cm³/mol. The standard InChI is InChI=1S/C8H7N.C7H9N/c1-2-4-8-7(3-1)5-6-9-8;1-6-3-2-4-7(8)5-6/h1-6,9H;2-5H,8H2,1H3. The van der Waals surface area contributed by atoms with Gasteiger partial charge in [0.15, 0.2) is 0 Å². The van der Waals surface area contributed by atoms with Crippen molar-refractivity contribution in [3.05, 3.63) is 66.4 Å². The number of rotatable bonds is 0. The number of benzene rings is 2. The molecule has 0 saturated carbocycles. The topological polar surface area (TPSA) is 41.8 Å². The molecule has 0 unspecified atom stereocenters. The van der Waals surface area contributed by atoms with Gasteiger partial charge in [0.2, 0.25) is 0 Å². The number of hydrogen-bond donors (Lipinski definition) is 2. The summed E-state index contributed by atoms with van der Waals surface area (Å²) in [7, 11) is 0. The van der Waals surface area contributed by atoms with E-state index in [4.69, 9.17) is 5.73 Å². The zero-order chi connectivity index (χ0) is 12.1. The van der Waals surface area contributed by atoms with Crippen molar-refractivity contribution in [2.45, 2.75) is 6.92 Å². The molecule has 0 amide bonds. The lowest BCUT2D eigenvalue weighted by Crippen LogP contribution is -1.82. The minimum atomic E-state index is 0.838. The fraction of sp³-hybridized carbons (Fsp3) is 0.0667. The number of nitrogen functional groups attached to an aromatic ring is 1. The van der Waals surface area contributed by atoms with Crippen LogP contribution in [0.5, 0.6) is 0 Å². The highest BCUT2D eigenvalue weighted by atomic mass is 14.7. The van der Waals surface area contributed by atoms with Crippen LogP contribution in [0.15, 0.2) is 60.8 Å². The van der Waals surface area contributed by atoms with Crippen LogP contribution in [0.25, 0.3) is 10.9 Å². The molecular formula is C15H16N2. The summed E-state index contributed by atoms with van der Waals surface area (Å²) in [6, 6.07) is 18.1. The lowest BCUT2D eigenvalue weighted by Gasteiger charge is -1.91. The van der Waals surface area contributed by atoms with Crippen LogP contribution in [-0.4, -0.2) is 4.98 Å². The molecule has 0 aliphatic heterocycles.